The van der Waals surface area contributed by atoms with Crippen molar-refractivity contribution in [1.29, 1.82) is 0 Å². The number of hydrogen-bond donors (Lipinski definition) is 1. The highest BCUT2D eigenvalue weighted by Gasteiger charge is 2.35. The fourth-order valence-electron chi connectivity index (χ4n) is 3.63. The second-order valence-electron chi connectivity index (χ2n) is 7.09. The molecule has 152 valence electrons. The molecule has 0 spiro atoms. The van der Waals surface area contributed by atoms with E-state index in [1.165, 1.54) is 11.3 Å². The number of oxazole rings is 1. The molecule has 1 aliphatic heterocycles. The Morgan fingerprint density at radius 2 is 2.31 bits per heavy atom. The molecule has 1 aliphatic rings. The van der Waals surface area contributed by atoms with Crippen molar-refractivity contribution in [2.45, 2.75) is 39.2 Å². The predicted octanol–water partition coefficient (Wildman–Crippen LogP) is 5.09. The minimum absolute atomic E-state index is 0.00115. The third-order valence-corrected chi connectivity index (χ3v) is 6.29. The Bertz CT molecular complexity index is 1020. The number of benzene rings is 1. The number of hydrogen-bond acceptors (Lipinski definition) is 6. The smallest absolute Gasteiger partial charge is 0.266 e. The first-order valence-corrected chi connectivity index (χ1v) is 11.0. The molecule has 0 unspecified atom stereocenters. The number of nitrogens with one attached hydrogen (secondary N) is 1. The molecule has 1 fully saturated rings. The summed E-state index contributed by atoms with van der Waals surface area (Å²) in [6.07, 6.45) is 4.15. The summed E-state index contributed by atoms with van der Waals surface area (Å²) in [7, 11) is 0. The highest BCUT2D eigenvalue weighted by molar-refractivity contribution is 7.17. The standard InChI is InChI=1S/C21H23ClN4O2S/c1-3-23-21-25-13(2)18(29-21)20(27)26-9-5-8-17(26)19-24-12-16(28-19)11-14-6-4-7-15(22)10-14/h4,6-7,10,12,17H,3,5,8-9,11H2,1-2H3,(H,23,25)/t17-/m1/s1. The van der Waals surface area contributed by atoms with E-state index >= 15 is 0 Å². The minimum atomic E-state index is -0.139. The zero-order chi connectivity index (χ0) is 20.4. The summed E-state index contributed by atoms with van der Waals surface area (Å²) in [4.78, 5) is 24.7. The Hall–Kier alpha value is -2.38. The van der Waals surface area contributed by atoms with E-state index in [1.807, 2.05) is 43.0 Å². The van der Waals surface area contributed by atoms with Crippen LogP contribution in [-0.4, -0.2) is 33.9 Å². The van der Waals surface area contributed by atoms with Crippen LogP contribution >= 0.6 is 22.9 Å². The van der Waals surface area contributed by atoms with Crippen LogP contribution in [0.4, 0.5) is 5.13 Å². The summed E-state index contributed by atoms with van der Waals surface area (Å²) in [6, 6.07) is 7.56. The van der Waals surface area contributed by atoms with Crippen molar-refractivity contribution in [1.82, 2.24) is 14.9 Å². The van der Waals surface area contributed by atoms with Crippen LogP contribution in [0.5, 0.6) is 0 Å². The number of nitrogens with zero attached hydrogens (tertiary/aromatic N) is 3. The Morgan fingerprint density at radius 1 is 1.45 bits per heavy atom. The second-order valence-corrected chi connectivity index (χ2v) is 8.53. The molecule has 2 aromatic heterocycles. The fourth-order valence-corrected chi connectivity index (χ4v) is 4.83. The van der Waals surface area contributed by atoms with Crippen LogP contribution in [0.3, 0.4) is 0 Å². The summed E-state index contributed by atoms with van der Waals surface area (Å²) < 4.78 is 6.03. The van der Waals surface area contributed by atoms with Gasteiger partial charge in [-0.3, -0.25) is 4.79 Å². The molecule has 0 aliphatic carbocycles. The van der Waals surface area contributed by atoms with E-state index in [0.29, 0.717) is 28.8 Å². The molecule has 0 bridgehead atoms. The number of amides is 1. The van der Waals surface area contributed by atoms with Gasteiger partial charge in [-0.15, -0.1) is 0 Å². The molecule has 1 N–H and O–H groups in total. The molecule has 8 heteroatoms. The number of aryl methyl sites for hydroxylation is 1. The van der Waals surface area contributed by atoms with E-state index in [0.717, 1.165) is 41.5 Å². The lowest BCUT2D eigenvalue weighted by Gasteiger charge is -2.21. The molecule has 3 aromatic rings. The van der Waals surface area contributed by atoms with Crippen LogP contribution in [0.15, 0.2) is 34.9 Å². The van der Waals surface area contributed by atoms with Crippen molar-refractivity contribution in [2.24, 2.45) is 0 Å². The van der Waals surface area contributed by atoms with Crippen LogP contribution in [-0.2, 0) is 6.42 Å². The van der Waals surface area contributed by atoms with Crippen LogP contribution in [0.25, 0.3) is 0 Å². The van der Waals surface area contributed by atoms with Gasteiger partial charge in [0.05, 0.1) is 11.9 Å². The van der Waals surface area contributed by atoms with Crippen LogP contribution in [0, 0.1) is 6.92 Å². The van der Waals surface area contributed by atoms with E-state index in [1.54, 1.807) is 6.20 Å². The van der Waals surface area contributed by atoms with Gasteiger partial charge in [0.25, 0.3) is 5.91 Å². The zero-order valence-electron chi connectivity index (χ0n) is 16.4. The van der Waals surface area contributed by atoms with Crippen LogP contribution < -0.4 is 5.32 Å². The van der Waals surface area contributed by atoms with Crippen LogP contribution in [0.2, 0.25) is 5.02 Å². The number of anilines is 1. The van der Waals surface area contributed by atoms with Crippen molar-refractivity contribution in [3.8, 4) is 0 Å². The Labute approximate surface area is 178 Å². The minimum Gasteiger partial charge on any atom is -0.443 e. The van der Waals surface area contributed by atoms with Crippen molar-refractivity contribution >= 4 is 34.0 Å². The molecule has 1 amide bonds. The number of rotatable bonds is 6. The largest absolute Gasteiger partial charge is 0.443 e. The van der Waals surface area contributed by atoms with E-state index < -0.39 is 0 Å². The molecular formula is C21H23ClN4O2S. The lowest BCUT2D eigenvalue weighted by molar-refractivity contribution is 0.0718. The second kappa shape index (κ2) is 8.55. The highest BCUT2D eigenvalue weighted by atomic mass is 35.5. The summed E-state index contributed by atoms with van der Waals surface area (Å²) in [5.74, 6) is 1.37. The van der Waals surface area contributed by atoms with Gasteiger partial charge in [0, 0.05) is 24.5 Å². The molecule has 3 heterocycles. The predicted molar refractivity (Wildman–Crippen MR) is 115 cm³/mol. The molecule has 6 nitrogen and oxygen atoms in total. The Balaban J connectivity index is 1.51. The third kappa shape index (κ3) is 4.31. The quantitative estimate of drug-likeness (QED) is 0.589. The normalized spacial score (nSPS) is 16.4. The summed E-state index contributed by atoms with van der Waals surface area (Å²) in [6.45, 7) is 5.37. The SMILES string of the molecule is CCNc1nc(C)c(C(=O)N2CCC[C@@H]2c2ncc(Cc3cccc(Cl)c3)o2)s1. The van der Waals surface area contributed by atoms with Crippen LogP contribution in [0.1, 0.15) is 58.4 Å². The summed E-state index contributed by atoms with van der Waals surface area (Å²) in [5.41, 5.74) is 1.83. The molecule has 4 rings (SSSR count). The molecule has 1 aromatic carbocycles. The maximum Gasteiger partial charge on any atom is 0.266 e. The van der Waals surface area contributed by atoms with Gasteiger partial charge in [0.1, 0.15) is 16.7 Å². The number of thiazole rings is 1. The number of carbonyl (C=O) groups is 1. The van der Waals surface area contributed by atoms with Crippen molar-refractivity contribution < 1.29 is 9.21 Å². The van der Waals surface area contributed by atoms with Gasteiger partial charge < -0.3 is 14.6 Å². The highest BCUT2D eigenvalue weighted by Crippen LogP contribution is 2.35. The molecule has 1 saturated heterocycles. The first-order valence-electron chi connectivity index (χ1n) is 9.76. The van der Waals surface area contributed by atoms with Crippen molar-refractivity contribution in [2.75, 3.05) is 18.4 Å². The van der Waals surface area contributed by atoms with Gasteiger partial charge in [-0.1, -0.05) is 35.1 Å². The first-order chi connectivity index (χ1) is 14.0. The maximum atomic E-state index is 13.2. The van der Waals surface area contributed by atoms with Crippen molar-refractivity contribution in [3.05, 3.63) is 63.3 Å². The number of aromatic nitrogens is 2. The monoisotopic (exact) mass is 430 g/mol. The fraction of sp³-hybridized carbons (Fsp3) is 0.381. The average molecular weight is 431 g/mol. The third-order valence-electron chi connectivity index (χ3n) is 4.96. The first kappa shape index (κ1) is 19.9. The topological polar surface area (TPSA) is 71.3 Å². The number of likely N-dealkylation sites (tertiary alicyclic amines) is 1. The molecule has 0 saturated carbocycles. The van der Waals surface area contributed by atoms with Crippen molar-refractivity contribution in [3.63, 3.8) is 0 Å². The van der Waals surface area contributed by atoms with Gasteiger partial charge in [-0.25, -0.2) is 9.97 Å². The summed E-state index contributed by atoms with van der Waals surface area (Å²) in [5, 5.41) is 4.67. The maximum absolute atomic E-state index is 13.2. The van der Waals surface area contributed by atoms with Gasteiger partial charge in [0.2, 0.25) is 5.89 Å². The van der Waals surface area contributed by atoms with E-state index in [-0.39, 0.29) is 11.9 Å². The van der Waals surface area contributed by atoms with Gasteiger partial charge in [0.15, 0.2) is 5.13 Å². The number of carbonyl (C=O) groups excluding carboxylic acids is 1. The molecule has 0 radical (unpaired) electrons. The average Bonchev–Trinajstić information content (AvgIpc) is 3.41. The Kier molecular flexibility index (Phi) is 5.87. The zero-order valence-corrected chi connectivity index (χ0v) is 18.0. The summed E-state index contributed by atoms with van der Waals surface area (Å²) >= 11 is 7.47. The lowest BCUT2D eigenvalue weighted by Crippen LogP contribution is -2.30. The molecule has 29 heavy (non-hydrogen) atoms. The van der Waals surface area contributed by atoms with E-state index in [9.17, 15) is 4.79 Å². The van der Waals surface area contributed by atoms with Gasteiger partial charge in [-0.2, -0.15) is 0 Å². The van der Waals surface area contributed by atoms with Gasteiger partial charge in [-0.05, 0) is 44.4 Å². The lowest BCUT2D eigenvalue weighted by atomic mass is 10.1. The molecular weight excluding hydrogens is 408 g/mol. The molecule has 1 atom stereocenters. The van der Waals surface area contributed by atoms with Gasteiger partial charge >= 0.3 is 0 Å². The number of halogens is 1. The Morgan fingerprint density at radius 3 is 3.10 bits per heavy atom. The van der Waals surface area contributed by atoms with E-state index in [4.69, 9.17) is 16.0 Å². The van der Waals surface area contributed by atoms with E-state index in [2.05, 4.69) is 15.3 Å².